The molecule has 0 atom stereocenters. The third-order valence-electron chi connectivity index (χ3n) is 9.88. The smallest absolute Gasteiger partial charge is 0.129 e. The molecule has 9 rings (SSSR count). The lowest BCUT2D eigenvalue weighted by molar-refractivity contribution is 0.481. The number of pyridine rings is 1. The summed E-state index contributed by atoms with van der Waals surface area (Å²) in [5.41, 5.74) is 11.5. The summed E-state index contributed by atoms with van der Waals surface area (Å²) in [4.78, 5) is 9.45. The van der Waals surface area contributed by atoms with Crippen molar-refractivity contribution in [2.75, 3.05) is 18.6 Å². The zero-order valence-electron chi connectivity index (χ0n) is 31.0. The van der Waals surface area contributed by atoms with E-state index in [0.29, 0.717) is 0 Å². The van der Waals surface area contributed by atoms with E-state index >= 15 is 0 Å². The summed E-state index contributed by atoms with van der Waals surface area (Å²) in [6.07, 6.45) is 6.05. The number of aromatic nitrogens is 1. The average molecular weight is 726 g/mol. The van der Waals surface area contributed by atoms with Gasteiger partial charge in [-0.15, -0.1) is 0 Å². The summed E-state index contributed by atoms with van der Waals surface area (Å²) in [6.45, 7) is 0.794. The third kappa shape index (κ3) is 7.52. The molecule has 1 aliphatic rings. The van der Waals surface area contributed by atoms with E-state index in [2.05, 4.69) is 151 Å². The molecular weight excluding hydrogens is 687 g/mol. The summed E-state index contributed by atoms with van der Waals surface area (Å²) >= 11 is 0. The Morgan fingerprint density at radius 2 is 0.946 bits per heavy atom. The van der Waals surface area contributed by atoms with Gasteiger partial charge in [-0.25, -0.2) is 0 Å². The zero-order chi connectivity index (χ0) is 37.7. The molecule has 0 aliphatic carbocycles. The van der Waals surface area contributed by atoms with Gasteiger partial charge in [-0.2, -0.15) is 0 Å². The summed E-state index contributed by atoms with van der Waals surface area (Å²) in [7, 11) is 2.06. The molecule has 1 aliphatic heterocycles. The lowest BCUT2D eigenvalue weighted by atomic mass is 9.87. The highest BCUT2D eigenvalue weighted by molar-refractivity contribution is 5.95. The monoisotopic (exact) mass is 725 g/mol. The van der Waals surface area contributed by atoms with Gasteiger partial charge in [-0.1, -0.05) is 109 Å². The zero-order valence-corrected chi connectivity index (χ0v) is 31.0. The Hall–Kier alpha value is -7.37. The van der Waals surface area contributed by atoms with E-state index in [9.17, 15) is 0 Å². The van der Waals surface area contributed by atoms with Crippen molar-refractivity contribution >= 4 is 5.69 Å². The fourth-order valence-electron chi connectivity index (χ4n) is 7.20. The molecule has 0 amide bonds. The minimum absolute atomic E-state index is 0.730. The van der Waals surface area contributed by atoms with Gasteiger partial charge in [-0.3, -0.25) is 4.98 Å². The Morgan fingerprint density at radius 1 is 0.429 bits per heavy atom. The summed E-state index contributed by atoms with van der Waals surface area (Å²) in [6, 6.07) is 64.7. The normalized spacial score (nSPS) is 12.2. The van der Waals surface area contributed by atoms with Gasteiger partial charge >= 0.3 is 0 Å². The maximum Gasteiger partial charge on any atom is 0.129 e. The van der Waals surface area contributed by atoms with E-state index < -0.39 is 0 Å². The largest absolute Gasteiger partial charge is 0.457 e. The predicted octanol–water partition coefficient (Wildman–Crippen LogP) is 13.2. The van der Waals surface area contributed by atoms with Gasteiger partial charge in [0.25, 0.3) is 0 Å². The molecule has 0 saturated heterocycles. The van der Waals surface area contributed by atoms with Crippen LogP contribution in [0.5, 0.6) is 23.0 Å². The van der Waals surface area contributed by atoms with Crippen LogP contribution in [0.1, 0.15) is 0 Å². The first-order valence-corrected chi connectivity index (χ1v) is 18.8. The van der Waals surface area contributed by atoms with Gasteiger partial charge in [0.15, 0.2) is 0 Å². The van der Waals surface area contributed by atoms with E-state index in [0.717, 1.165) is 91.1 Å². The molecule has 270 valence electrons. The minimum atomic E-state index is 0.730. The van der Waals surface area contributed by atoms with E-state index in [1.54, 1.807) is 0 Å². The highest BCUT2D eigenvalue weighted by atomic mass is 16.5. The summed E-state index contributed by atoms with van der Waals surface area (Å²) in [5, 5.41) is 0. The van der Waals surface area contributed by atoms with E-state index in [-0.39, 0.29) is 0 Å². The molecule has 0 bridgehead atoms. The molecule has 56 heavy (non-hydrogen) atoms. The van der Waals surface area contributed by atoms with Crippen molar-refractivity contribution in [2.24, 2.45) is 0 Å². The lowest BCUT2D eigenvalue weighted by Gasteiger charge is -2.19. The molecule has 2 heterocycles. The van der Waals surface area contributed by atoms with Crippen LogP contribution in [-0.2, 0) is 0 Å². The number of hydrogen-bond donors (Lipinski definition) is 0. The van der Waals surface area contributed by atoms with E-state index in [1.807, 2.05) is 72.9 Å². The third-order valence-corrected chi connectivity index (χ3v) is 9.88. The Morgan fingerprint density at radius 3 is 1.59 bits per heavy atom. The van der Waals surface area contributed by atoms with Gasteiger partial charge in [0.05, 0.1) is 12.4 Å². The Labute approximate surface area is 328 Å². The van der Waals surface area contributed by atoms with E-state index in [4.69, 9.17) is 14.5 Å². The molecule has 0 unspecified atom stereocenters. The highest BCUT2D eigenvalue weighted by Gasteiger charge is 2.19. The molecule has 5 nitrogen and oxygen atoms in total. The van der Waals surface area contributed by atoms with Crippen molar-refractivity contribution in [1.82, 2.24) is 9.88 Å². The number of benzene rings is 7. The predicted molar refractivity (Wildman–Crippen MR) is 229 cm³/mol. The maximum atomic E-state index is 6.55. The second kappa shape index (κ2) is 15.5. The molecule has 0 spiro atoms. The summed E-state index contributed by atoms with van der Waals surface area (Å²) < 4.78 is 12.9. The van der Waals surface area contributed by atoms with E-state index in [1.165, 1.54) is 0 Å². The fourth-order valence-corrected chi connectivity index (χ4v) is 7.20. The van der Waals surface area contributed by atoms with Crippen LogP contribution in [0.25, 0.3) is 55.8 Å². The van der Waals surface area contributed by atoms with Gasteiger partial charge in [0.2, 0.25) is 0 Å². The maximum absolute atomic E-state index is 6.55. The van der Waals surface area contributed by atoms with Crippen molar-refractivity contribution in [3.8, 4) is 78.8 Å². The first kappa shape index (κ1) is 34.4. The number of para-hydroxylation sites is 1. The average Bonchev–Trinajstić information content (AvgIpc) is 3.70. The molecule has 0 fully saturated rings. The minimum Gasteiger partial charge on any atom is -0.457 e. The Bertz CT molecular complexity index is 2580. The summed E-state index contributed by atoms with van der Waals surface area (Å²) in [5.74, 6) is 3.04. The van der Waals surface area contributed by atoms with Crippen LogP contribution in [0, 0.1) is 0 Å². The van der Waals surface area contributed by atoms with Gasteiger partial charge in [-0.05, 0) is 112 Å². The quantitative estimate of drug-likeness (QED) is 0.140. The van der Waals surface area contributed by atoms with Gasteiger partial charge in [0, 0.05) is 48.5 Å². The van der Waals surface area contributed by atoms with Crippen molar-refractivity contribution < 1.29 is 9.47 Å². The van der Waals surface area contributed by atoms with Crippen molar-refractivity contribution in [3.63, 3.8) is 0 Å². The van der Waals surface area contributed by atoms with Crippen LogP contribution in [-0.4, -0.2) is 23.6 Å². The second-order valence-electron chi connectivity index (χ2n) is 13.8. The van der Waals surface area contributed by atoms with Crippen LogP contribution in [0.15, 0.2) is 207 Å². The Balaban J connectivity index is 1.19. The number of ether oxygens (including phenoxy) is 2. The van der Waals surface area contributed by atoms with Crippen molar-refractivity contribution in [1.29, 1.82) is 0 Å². The van der Waals surface area contributed by atoms with Crippen LogP contribution >= 0.6 is 0 Å². The number of rotatable bonds is 10. The molecule has 7 aromatic carbocycles. The van der Waals surface area contributed by atoms with Crippen LogP contribution in [0.2, 0.25) is 0 Å². The molecule has 8 aromatic rings. The van der Waals surface area contributed by atoms with Crippen molar-refractivity contribution in [2.45, 2.75) is 0 Å². The standard InChI is InChI=1S/C51H39N3O2/c1-53-28-29-54(36-53)44-20-13-25-48(35-44)56-47-24-12-19-40(34-47)51-50(49(26-27-52-51)39-18-11-23-46(33-39)55-45-21-9-4-10-22-45)43-31-41(37-14-5-2-6-15-37)30-42(32-43)38-16-7-3-8-17-38/h2-35H,36H2,1H3. The SMILES string of the molecule is CN1C=CN(c2cccc(Oc3cccc(-c4nccc(-c5cccc(Oc6ccccc6)c5)c4-c4cc(-c5ccccc5)cc(-c5ccccc5)c4)c3)c2)C1. The second-order valence-corrected chi connectivity index (χ2v) is 13.8. The number of nitrogens with zero attached hydrogens (tertiary/aromatic N) is 3. The van der Waals surface area contributed by atoms with Crippen molar-refractivity contribution in [3.05, 3.63) is 207 Å². The fraction of sp³-hybridized carbons (Fsp3) is 0.0392. The van der Waals surface area contributed by atoms with Crippen LogP contribution in [0.3, 0.4) is 0 Å². The topological polar surface area (TPSA) is 37.8 Å². The van der Waals surface area contributed by atoms with Gasteiger partial charge < -0.3 is 19.3 Å². The molecular formula is C51H39N3O2. The number of anilines is 1. The molecule has 5 heteroatoms. The first-order valence-electron chi connectivity index (χ1n) is 18.8. The van der Waals surface area contributed by atoms with Crippen LogP contribution in [0.4, 0.5) is 5.69 Å². The molecule has 0 N–H and O–H groups in total. The van der Waals surface area contributed by atoms with Gasteiger partial charge in [0.1, 0.15) is 23.0 Å². The Kier molecular flexibility index (Phi) is 9.55. The molecule has 1 aromatic heterocycles. The van der Waals surface area contributed by atoms with Crippen LogP contribution < -0.4 is 14.4 Å². The highest BCUT2D eigenvalue weighted by Crippen LogP contribution is 2.43. The molecule has 0 radical (unpaired) electrons. The molecule has 0 saturated carbocycles. The lowest BCUT2D eigenvalue weighted by Crippen LogP contribution is -2.21. The first-order chi connectivity index (χ1) is 27.6. The number of hydrogen-bond acceptors (Lipinski definition) is 5.